The van der Waals surface area contributed by atoms with E-state index >= 15 is 0 Å². The summed E-state index contributed by atoms with van der Waals surface area (Å²) in [4.78, 5) is 25.2. The maximum atomic E-state index is 13.1. The maximum Gasteiger partial charge on any atom is 0.336 e. The minimum absolute atomic E-state index is 0.00482. The predicted molar refractivity (Wildman–Crippen MR) is 106 cm³/mol. The molecule has 1 atom stereocenters. The molecule has 2 rings (SSSR count). The Morgan fingerprint density at radius 1 is 1.07 bits per heavy atom. The summed E-state index contributed by atoms with van der Waals surface area (Å²) in [5, 5.41) is 0. The lowest BCUT2D eigenvalue weighted by atomic mass is 9.82. The van der Waals surface area contributed by atoms with Gasteiger partial charge in [-0.1, -0.05) is 54.6 Å². The van der Waals surface area contributed by atoms with Crippen molar-refractivity contribution < 1.29 is 22.7 Å². The Hall–Kier alpha value is -2.77. The second-order valence-corrected chi connectivity index (χ2v) is 7.97. The Morgan fingerprint density at radius 3 is 2.14 bits per heavy atom. The molecule has 0 aromatic heterocycles. The standard InChI is InChI=1S/C21H23NO5S/c1-5-27-20(24)21(16(3)17(4)23,18-9-7-6-8-10-18)22-28(25,26)19-13-11-15(2)12-14-19/h6-14,22H,3,5H2,1-2,4H3/t21-/m1/s1. The zero-order chi connectivity index (χ0) is 20.9. The number of nitrogens with one attached hydrogen (secondary N) is 1. The molecule has 0 aliphatic carbocycles. The van der Waals surface area contributed by atoms with Crippen LogP contribution in [0.5, 0.6) is 0 Å². The largest absolute Gasteiger partial charge is 0.464 e. The van der Waals surface area contributed by atoms with Crippen LogP contribution in [0, 0.1) is 6.92 Å². The molecule has 0 radical (unpaired) electrons. The van der Waals surface area contributed by atoms with Gasteiger partial charge in [0.05, 0.1) is 11.5 Å². The molecule has 28 heavy (non-hydrogen) atoms. The molecule has 0 unspecified atom stereocenters. The van der Waals surface area contributed by atoms with E-state index in [1.54, 1.807) is 49.4 Å². The van der Waals surface area contributed by atoms with Gasteiger partial charge in [-0.2, -0.15) is 4.72 Å². The number of benzene rings is 2. The Kier molecular flexibility index (Phi) is 6.53. The summed E-state index contributed by atoms with van der Waals surface area (Å²) in [7, 11) is -4.19. The fourth-order valence-corrected chi connectivity index (χ4v) is 4.09. The number of rotatable bonds is 8. The first-order valence-corrected chi connectivity index (χ1v) is 10.2. The van der Waals surface area contributed by atoms with E-state index in [-0.39, 0.29) is 22.6 Å². The van der Waals surface area contributed by atoms with Gasteiger partial charge >= 0.3 is 5.97 Å². The normalized spacial score (nSPS) is 13.4. The van der Waals surface area contributed by atoms with Crippen molar-refractivity contribution in [2.45, 2.75) is 31.2 Å². The van der Waals surface area contributed by atoms with Crippen LogP contribution in [0.4, 0.5) is 0 Å². The highest BCUT2D eigenvalue weighted by Crippen LogP contribution is 2.33. The third-order valence-corrected chi connectivity index (χ3v) is 5.75. The summed E-state index contributed by atoms with van der Waals surface area (Å²) in [5.74, 6) is -1.46. The van der Waals surface area contributed by atoms with Gasteiger partial charge in [0.15, 0.2) is 11.3 Å². The molecule has 0 aliphatic heterocycles. The highest BCUT2D eigenvalue weighted by Gasteiger charge is 2.49. The lowest BCUT2D eigenvalue weighted by Gasteiger charge is -2.33. The molecular formula is C21H23NO5S. The van der Waals surface area contributed by atoms with E-state index < -0.39 is 27.3 Å². The van der Waals surface area contributed by atoms with Crippen molar-refractivity contribution in [3.05, 3.63) is 77.9 Å². The Balaban J connectivity index is 2.72. The number of carbonyl (C=O) groups is 2. The van der Waals surface area contributed by atoms with Gasteiger partial charge in [0.1, 0.15) is 0 Å². The van der Waals surface area contributed by atoms with Crippen LogP contribution in [0.15, 0.2) is 71.6 Å². The van der Waals surface area contributed by atoms with Gasteiger partial charge < -0.3 is 4.74 Å². The summed E-state index contributed by atoms with van der Waals surface area (Å²) in [5.41, 5.74) is -1.18. The highest BCUT2D eigenvalue weighted by atomic mass is 32.2. The van der Waals surface area contributed by atoms with Crippen molar-refractivity contribution >= 4 is 21.8 Å². The zero-order valence-electron chi connectivity index (χ0n) is 16.1. The summed E-state index contributed by atoms with van der Waals surface area (Å²) >= 11 is 0. The van der Waals surface area contributed by atoms with Gasteiger partial charge in [-0.3, -0.25) is 4.79 Å². The van der Waals surface area contributed by atoms with Crippen molar-refractivity contribution in [1.29, 1.82) is 0 Å². The Morgan fingerprint density at radius 2 is 1.64 bits per heavy atom. The first-order chi connectivity index (χ1) is 13.1. The Bertz CT molecular complexity index is 981. The van der Waals surface area contributed by atoms with Crippen LogP contribution in [0.25, 0.3) is 0 Å². The average molecular weight is 401 g/mol. The van der Waals surface area contributed by atoms with Gasteiger partial charge in [-0.15, -0.1) is 0 Å². The fourth-order valence-electron chi connectivity index (χ4n) is 2.75. The number of ketones is 1. The van der Waals surface area contributed by atoms with Crippen LogP contribution in [-0.2, 0) is 29.9 Å². The lowest BCUT2D eigenvalue weighted by molar-refractivity contribution is -0.150. The van der Waals surface area contributed by atoms with Crippen LogP contribution in [0.2, 0.25) is 0 Å². The van der Waals surface area contributed by atoms with Crippen LogP contribution < -0.4 is 4.72 Å². The molecule has 0 aliphatic rings. The van der Waals surface area contributed by atoms with Crippen LogP contribution in [0.1, 0.15) is 25.0 Å². The van der Waals surface area contributed by atoms with E-state index in [9.17, 15) is 18.0 Å². The first-order valence-electron chi connectivity index (χ1n) is 8.69. The van der Waals surface area contributed by atoms with Crippen molar-refractivity contribution in [3.8, 4) is 0 Å². The first kappa shape index (κ1) is 21.5. The number of hydrogen-bond acceptors (Lipinski definition) is 5. The molecule has 6 nitrogen and oxygen atoms in total. The lowest BCUT2D eigenvalue weighted by Crippen LogP contribution is -2.55. The van der Waals surface area contributed by atoms with E-state index in [2.05, 4.69) is 11.3 Å². The smallest absolute Gasteiger partial charge is 0.336 e. The quantitative estimate of drug-likeness (QED) is 0.543. The van der Waals surface area contributed by atoms with E-state index in [1.165, 1.54) is 19.1 Å². The van der Waals surface area contributed by atoms with Gasteiger partial charge in [0, 0.05) is 5.57 Å². The minimum atomic E-state index is -4.19. The molecule has 0 bridgehead atoms. The maximum absolute atomic E-state index is 13.1. The summed E-state index contributed by atoms with van der Waals surface area (Å²) in [6, 6.07) is 14.2. The molecule has 0 amide bonds. The predicted octanol–water partition coefficient (Wildman–Crippen LogP) is 2.88. The molecule has 148 valence electrons. The average Bonchev–Trinajstić information content (AvgIpc) is 2.66. The molecule has 0 saturated heterocycles. The van der Waals surface area contributed by atoms with Crippen molar-refractivity contribution in [1.82, 2.24) is 4.72 Å². The molecule has 0 heterocycles. The summed E-state index contributed by atoms with van der Waals surface area (Å²) < 4.78 is 33.8. The number of carbonyl (C=O) groups excluding carboxylic acids is 2. The van der Waals surface area contributed by atoms with E-state index in [1.807, 2.05) is 6.92 Å². The molecule has 0 fully saturated rings. The molecular weight excluding hydrogens is 378 g/mol. The number of aryl methyl sites for hydroxylation is 1. The molecule has 2 aromatic carbocycles. The third kappa shape index (κ3) is 4.21. The number of sulfonamides is 1. The SMILES string of the molecule is C=C(C(C)=O)[C@](NS(=O)(=O)c1ccc(C)cc1)(C(=O)OCC)c1ccccc1. The van der Waals surface area contributed by atoms with Crippen molar-refractivity contribution in [3.63, 3.8) is 0 Å². The summed E-state index contributed by atoms with van der Waals surface area (Å²) in [6.45, 7) is 8.37. The van der Waals surface area contributed by atoms with Crippen LogP contribution >= 0.6 is 0 Å². The van der Waals surface area contributed by atoms with Gasteiger partial charge in [0.25, 0.3) is 0 Å². The molecule has 1 N–H and O–H groups in total. The van der Waals surface area contributed by atoms with E-state index in [0.29, 0.717) is 0 Å². The third-order valence-electron chi connectivity index (χ3n) is 4.28. The molecule has 7 heteroatoms. The highest BCUT2D eigenvalue weighted by molar-refractivity contribution is 7.89. The Labute approximate surface area is 165 Å². The van der Waals surface area contributed by atoms with Crippen LogP contribution in [0.3, 0.4) is 0 Å². The van der Waals surface area contributed by atoms with Crippen molar-refractivity contribution in [2.75, 3.05) is 6.61 Å². The zero-order valence-corrected chi connectivity index (χ0v) is 16.9. The second-order valence-electron chi connectivity index (χ2n) is 6.29. The number of ether oxygens (including phenoxy) is 1. The van der Waals surface area contributed by atoms with E-state index in [4.69, 9.17) is 4.74 Å². The van der Waals surface area contributed by atoms with Gasteiger partial charge in [0.2, 0.25) is 10.0 Å². The fraction of sp³-hybridized carbons (Fsp3) is 0.238. The number of esters is 1. The van der Waals surface area contributed by atoms with Gasteiger partial charge in [-0.05, 0) is 38.5 Å². The minimum Gasteiger partial charge on any atom is -0.464 e. The topological polar surface area (TPSA) is 89.5 Å². The molecule has 0 saturated carbocycles. The second kappa shape index (κ2) is 8.50. The number of Topliss-reactive ketones (excluding diaryl/α,β-unsaturated/α-hetero) is 1. The number of hydrogen-bond donors (Lipinski definition) is 1. The monoisotopic (exact) mass is 401 g/mol. The molecule has 0 spiro atoms. The molecule has 2 aromatic rings. The van der Waals surface area contributed by atoms with E-state index in [0.717, 1.165) is 5.56 Å². The summed E-state index contributed by atoms with van der Waals surface area (Å²) in [6.07, 6.45) is 0. The van der Waals surface area contributed by atoms with Crippen LogP contribution in [-0.4, -0.2) is 26.8 Å². The van der Waals surface area contributed by atoms with Gasteiger partial charge in [-0.25, -0.2) is 13.2 Å². The van der Waals surface area contributed by atoms with Crippen molar-refractivity contribution in [2.24, 2.45) is 0 Å².